The van der Waals surface area contributed by atoms with Crippen LogP contribution in [0.15, 0.2) is 76.2 Å². The van der Waals surface area contributed by atoms with Gasteiger partial charge in [0.2, 0.25) is 22.7 Å². The molecule has 8 aliphatic rings. The van der Waals surface area contributed by atoms with Crippen LogP contribution in [0.2, 0.25) is 10.6 Å². The molecule has 0 aromatic carbocycles. The fourth-order valence-corrected chi connectivity index (χ4v) is 14.4. The first-order valence-corrected chi connectivity index (χ1v) is 39.7. The van der Waals surface area contributed by atoms with E-state index in [1.807, 2.05) is 0 Å². The van der Waals surface area contributed by atoms with E-state index in [4.69, 9.17) is 127 Å². The Balaban J connectivity index is 0.000000146. The number of carbonyl (C=O) groups excluding carboxylic acids is 1. The number of nitrogen functional groups attached to an aromatic ring is 6. The minimum absolute atomic E-state index is 0.0176. The second-order valence-electron chi connectivity index (χ2n) is 28.7. The lowest BCUT2D eigenvalue weighted by Crippen LogP contribution is -2.54. The molecule has 2 amide bonds. The van der Waals surface area contributed by atoms with E-state index in [0.29, 0.717) is 28.6 Å². The van der Waals surface area contributed by atoms with Crippen LogP contribution in [0, 0.1) is 6.08 Å². The fraction of sp³-hybridized carbons (Fsp3) is 0.561. The second kappa shape index (κ2) is 42.6. The lowest BCUT2D eigenvalue weighted by Gasteiger charge is -2.30. The van der Waals surface area contributed by atoms with Crippen molar-refractivity contribution in [3.63, 3.8) is 0 Å². The van der Waals surface area contributed by atoms with Gasteiger partial charge in [-0.25, -0.2) is 47.9 Å². The van der Waals surface area contributed by atoms with Gasteiger partial charge >= 0.3 is 35.1 Å². The summed E-state index contributed by atoms with van der Waals surface area (Å²) in [6, 6.07) is 1.92. The topological polar surface area (TPSA) is 848 Å². The molecule has 0 bridgehead atoms. The molecule has 0 saturated carbocycles. The van der Waals surface area contributed by atoms with Gasteiger partial charge in [-0.3, -0.25) is 36.9 Å². The van der Waals surface area contributed by atoms with Crippen molar-refractivity contribution in [1.29, 1.82) is 0 Å². The molecule has 30 N–H and O–H groups in total. The van der Waals surface area contributed by atoms with Crippen LogP contribution >= 0.6 is 31.7 Å². The molecule has 8 aliphatic heterocycles. The number of anilines is 6. The zero-order chi connectivity index (χ0) is 94.2. The van der Waals surface area contributed by atoms with Crippen molar-refractivity contribution in [3.05, 3.63) is 110 Å². The maximum Gasteiger partial charge on any atom is 0.354 e. The molecule has 9 aromatic rings. The predicted molar refractivity (Wildman–Crippen MR) is 423 cm³/mol. The first-order valence-electron chi connectivity index (χ1n) is 38.0. The molecule has 55 nitrogen and oxygen atoms in total. The van der Waals surface area contributed by atoms with Crippen LogP contribution < -0.4 is 62.5 Å². The minimum Gasteiger partial charge on any atom is -0.394 e. The van der Waals surface area contributed by atoms with Gasteiger partial charge in [-0.05, 0) is 41.8 Å². The molecular weight excluding hydrogens is 1810 g/mol. The molecule has 0 radical (unpaired) electrons. The van der Waals surface area contributed by atoms with Gasteiger partial charge in [0.15, 0.2) is 85.2 Å². The van der Waals surface area contributed by atoms with E-state index in [9.17, 15) is 91.7 Å². The molecule has 7 saturated heterocycles. The SMILES string of the molecule is NC1NC(=O)N(C2CC(O)C(CO)O2)C=C1F.Nc1ccn(C2OC(CO)C(O)C2(F)F)c(=O)n1.Nc1ccn(C2OC(CO)C(O)C2O)c(=O)n1.Nc1nc(Cl)nc2c1ncn2C1CC(O)C(CO)O1.Nc1nc(Cl)nc2c1ncn2C1OC(CO)C(O)C1F.Nc1nc(F)nc2c1ncn2C1OC(CCP=O)C(O)C1O.Nc1ncn(C2CC(O)C(CO)O2)c(=O)n1. The number of aromatic nitrogens is 19. The first kappa shape index (κ1) is 99.0. The number of carbonyl (C=O) groups is 1. The summed E-state index contributed by atoms with van der Waals surface area (Å²) in [7, 11) is -0.0741. The average Bonchev–Trinajstić information content (AvgIpc) is 1.62. The third-order valence-corrected chi connectivity index (χ3v) is 21.1. The lowest BCUT2D eigenvalue weighted by atomic mass is 10.1. The van der Waals surface area contributed by atoms with Gasteiger partial charge in [-0.2, -0.15) is 58.0 Å². The third-order valence-electron chi connectivity index (χ3n) is 20.3. The van der Waals surface area contributed by atoms with Crippen molar-refractivity contribution >= 4 is 106 Å². The van der Waals surface area contributed by atoms with Crippen LogP contribution in [-0.4, -0.2) is 348 Å². The highest BCUT2D eigenvalue weighted by molar-refractivity contribution is 7.23. The van der Waals surface area contributed by atoms with Crippen LogP contribution in [-0.2, 0) is 37.7 Å². The van der Waals surface area contributed by atoms with E-state index >= 15 is 0 Å². The highest BCUT2D eigenvalue weighted by atomic mass is 35.5. The van der Waals surface area contributed by atoms with Crippen LogP contribution in [0.5, 0.6) is 0 Å². The normalized spacial score (nSPS) is 30.8. The number of nitrogens with zero attached hydrogens (tertiary/aromatic N) is 20. The molecule has 0 aliphatic carbocycles. The molecule has 25 atom stereocenters. The van der Waals surface area contributed by atoms with Crippen molar-refractivity contribution in [2.24, 2.45) is 5.73 Å². The summed E-state index contributed by atoms with van der Waals surface area (Å²) < 4.78 is 122. The predicted octanol–water partition coefficient (Wildman–Crippen LogP) is -8.21. The minimum atomic E-state index is -3.71. The van der Waals surface area contributed by atoms with Gasteiger partial charge in [0.25, 0.3) is 0 Å². The summed E-state index contributed by atoms with van der Waals surface area (Å²) in [6.07, 6.45) is -18.6. The molecule has 63 heteroatoms. The number of alkyl halides is 3. The quantitative estimate of drug-likeness (QED) is 0.0243. The summed E-state index contributed by atoms with van der Waals surface area (Å²) in [4.78, 5) is 95.4. The van der Waals surface area contributed by atoms with Gasteiger partial charge in [0, 0.05) is 44.0 Å². The highest BCUT2D eigenvalue weighted by Crippen LogP contribution is 2.43. The molecule has 25 unspecified atom stereocenters. The summed E-state index contributed by atoms with van der Waals surface area (Å²) >= 11 is 11.5. The number of fused-ring (bicyclic) bond motifs is 3. The number of aliphatic hydroxyl groups is 15. The first-order chi connectivity index (χ1) is 61.2. The molecule has 9 aromatic heterocycles. The van der Waals surface area contributed by atoms with E-state index in [1.54, 1.807) is 4.57 Å². The van der Waals surface area contributed by atoms with Crippen LogP contribution in [0.25, 0.3) is 33.5 Å². The van der Waals surface area contributed by atoms with E-state index in [0.717, 1.165) is 32.5 Å². The van der Waals surface area contributed by atoms with Gasteiger partial charge in [-0.1, -0.05) is 0 Å². The highest BCUT2D eigenvalue weighted by Gasteiger charge is 2.60. The average molecular weight is 1900 g/mol. The maximum absolute atomic E-state index is 14.1. The number of amides is 2. The Bertz CT molecular complexity index is 5600. The zero-order valence-electron chi connectivity index (χ0n) is 66.1. The number of aliphatic hydroxyl groups excluding tert-OH is 15. The van der Waals surface area contributed by atoms with Crippen molar-refractivity contribution in [3.8, 4) is 0 Å². The van der Waals surface area contributed by atoms with E-state index in [1.165, 1.54) is 46.7 Å². The Labute approximate surface area is 728 Å². The number of rotatable bonds is 16. The Morgan fingerprint density at radius 1 is 0.473 bits per heavy atom. The molecule has 7 fully saturated rings. The molecule has 17 heterocycles. The van der Waals surface area contributed by atoms with Gasteiger partial charge in [-0.15, -0.1) is 0 Å². The molecule has 0 spiro atoms. The van der Waals surface area contributed by atoms with Gasteiger partial charge in [0.1, 0.15) is 121 Å². The molecular formula is C66H86Cl2F5N28O27P. The number of hydrogen-bond donors (Lipinski definition) is 23. The number of urea groups is 1. The Morgan fingerprint density at radius 2 is 0.891 bits per heavy atom. The Hall–Kier alpha value is -10.6. The van der Waals surface area contributed by atoms with Crippen molar-refractivity contribution < 1.29 is 141 Å². The number of nitrogens with one attached hydrogen (secondary N) is 1. The second-order valence-corrected chi connectivity index (χ2v) is 30.1. The number of ether oxygens (including phenoxy) is 7. The zero-order valence-corrected chi connectivity index (χ0v) is 68.5. The lowest BCUT2D eigenvalue weighted by molar-refractivity contribution is -0.140. The molecule has 129 heavy (non-hydrogen) atoms. The summed E-state index contributed by atoms with van der Waals surface area (Å²) in [5.74, 6) is -4.47. The summed E-state index contributed by atoms with van der Waals surface area (Å²) in [6.45, 7) is -2.65. The number of imidazole rings is 3. The van der Waals surface area contributed by atoms with Crippen molar-refractivity contribution in [2.45, 2.75) is 185 Å². The van der Waals surface area contributed by atoms with E-state index < -0.39 is 214 Å². The van der Waals surface area contributed by atoms with Gasteiger partial charge in [0.05, 0.1) is 83.0 Å². The van der Waals surface area contributed by atoms with Crippen LogP contribution in [0.4, 0.5) is 61.8 Å². The standard InChI is InChI=1S/C11H13FN5O4P.C10H11ClFN5O3.C10H12ClN5O3.C9H11F2N3O4.C9H14FN3O4.C9H13N3O5.C8H12N4O4/c12-11-15-8(13)5-9(16-11)17(3-14-5)10-7(19)6(18)4(21-10)1-2-22-20;11-10-15-7(13)5-8(16-10)17(2-14-5)9-4(12)6(19)3(1-18)20-9;11-10-14-8(12)7-9(15-10)16(3-13-7)6-1-4(18)5(2-17)19-6;10-9(11)6(16)4(3-15)18-7(9)14-2-1-5(12)13-8(14)17;10-4-2-13(9(16)12-8(4)11)7-1-5(15)6(3-14)17-7;10-5-1-2-12(9(16)11-5)8-7(15)6(14)4(3-13)17-8;9-7-10-3-12(8(15)11-7)6-1-4(14)5(2-13)16-6/h3-4,6-7,10,18-19H,1-2H2,(H2,13,15,16);2-4,6,9,18-19H,1H2,(H2,13,15,16);3-6,17-18H,1-2H2,(H2,12,14,15);1-2,4,6-7,15-16H,3H2,(H2,12,13,17);2,5-8,14-15H,1,3,11H2,(H,12,16);1-2,4,6-8,13-15H,3H2,(H2,10,11,16);3-6,13-14H,1-2H2,(H2,9,11,15). The third kappa shape index (κ3) is 21.9. The van der Waals surface area contributed by atoms with Crippen molar-refractivity contribution in [2.75, 3.05) is 80.2 Å². The summed E-state index contributed by atoms with van der Waals surface area (Å²) in [5, 5.41) is 143. The number of halogens is 7. The maximum atomic E-state index is 14.1. The summed E-state index contributed by atoms with van der Waals surface area (Å²) in [5.41, 5.74) is 37.2. The fourth-order valence-electron chi connectivity index (χ4n) is 13.7. The smallest absolute Gasteiger partial charge is 0.354 e. The number of nitrogens with two attached hydrogens (primary N) is 7. The monoisotopic (exact) mass is 1900 g/mol. The molecule has 706 valence electrons. The largest absolute Gasteiger partial charge is 0.394 e. The van der Waals surface area contributed by atoms with E-state index in [-0.39, 0.29) is 115 Å². The van der Waals surface area contributed by atoms with Gasteiger partial charge < -0.3 is 155 Å². The van der Waals surface area contributed by atoms with Crippen LogP contribution in [0.3, 0.4) is 0 Å². The Kier molecular flexibility index (Phi) is 32.7. The van der Waals surface area contributed by atoms with E-state index in [2.05, 4.69) is 70.1 Å². The Morgan fingerprint density at radius 3 is 1.37 bits per heavy atom. The van der Waals surface area contributed by atoms with Crippen LogP contribution in [0.1, 0.15) is 63.1 Å². The molecule has 17 rings (SSSR count). The van der Waals surface area contributed by atoms with Crippen molar-refractivity contribution in [1.82, 2.24) is 102 Å². The number of hydrogen-bond acceptors (Lipinski definition) is 47.